The van der Waals surface area contributed by atoms with Crippen molar-refractivity contribution in [3.05, 3.63) is 24.3 Å². The van der Waals surface area contributed by atoms with Crippen molar-refractivity contribution in [2.75, 3.05) is 18.8 Å². The molecule has 2 aromatic rings. The lowest BCUT2D eigenvalue weighted by Crippen LogP contribution is -2.30. The van der Waals surface area contributed by atoms with Crippen LogP contribution in [0.4, 0.5) is 0 Å². The Balaban J connectivity index is 1.74. The lowest BCUT2D eigenvalue weighted by atomic mass is 10.0. The Morgan fingerprint density at radius 2 is 2.11 bits per heavy atom. The zero-order valence-electron chi connectivity index (χ0n) is 10.1. The van der Waals surface area contributed by atoms with Crippen LogP contribution in [0.3, 0.4) is 0 Å². The molecule has 1 saturated heterocycles. The molecule has 1 aliphatic rings. The normalized spacial score (nSPS) is 19.1. The van der Waals surface area contributed by atoms with Gasteiger partial charge in [0.05, 0.1) is 21.0 Å². The summed E-state index contributed by atoms with van der Waals surface area (Å²) in [7, 11) is -0.934. The van der Waals surface area contributed by atoms with Crippen LogP contribution >= 0.6 is 11.3 Å². The van der Waals surface area contributed by atoms with Crippen LogP contribution in [0, 0.1) is 5.92 Å². The topological polar surface area (TPSA) is 42.0 Å². The van der Waals surface area contributed by atoms with E-state index in [4.69, 9.17) is 0 Å². The molecule has 1 N–H and O–H groups in total. The molecule has 0 aliphatic carbocycles. The zero-order valence-corrected chi connectivity index (χ0v) is 11.7. The molecule has 0 amide bonds. The lowest BCUT2D eigenvalue weighted by Gasteiger charge is -2.21. The van der Waals surface area contributed by atoms with E-state index in [-0.39, 0.29) is 0 Å². The Labute approximate surface area is 113 Å². The van der Waals surface area contributed by atoms with Gasteiger partial charge in [-0.3, -0.25) is 4.21 Å². The van der Waals surface area contributed by atoms with Crippen molar-refractivity contribution in [1.29, 1.82) is 0 Å². The number of benzene rings is 1. The van der Waals surface area contributed by atoms with Gasteiger partial charge in [-0.05, 0) is 44.0 Å². The first-order valence-electron chi connectivity index (χ1n) is 6.27. The maximum absolute atomic E-state index is 12.3. The van der Waals surface area contributed by atoms with Gasteiger partial charge >= 0.3 is 0 Å². The lowest BCUT2D eigenvalue weighted by molar-refractivity contribution is 0.405. The molecule has 0 radical (unpaired) electrons. The highest BCUT2D eigenvalue weighted by Crippen LogP contribution is 2.25. The van der Waals surface area contributed by atoms with Crippen molar-refractivity contribution in [2.24, 2.45) is 5.92 Å². The van der Waals surface area contributed by atoms with Crippen LogP contribution in [0.15, 0.2) is 28.6 Å². The molecule has 3 rings (SSSR count). The predicted molar refractivity (Wildman–Crippen MR) is 76.5 cm³/mol. The first-order valence-corrected chi connectivity index (χ1v) is 8.41. The fraction of sp³-hybridized carbons (Fsp3) is 0.462. The summed E-state index contributed by atoms with van der Waals surface area (Å²) < 4.78 is 14.2. The average molecular weight is 280 g/mol. The first-order chi connectivity index (χ1) is 8.83. The number of hydrogen-bond donors (Lipinski definition) is 1. The number of nitrogens with one attached hydrogen (secondary N) is 1. The van der Waals surface area contributed by atoms with Crippen molar-refractivity contribution in [1.82, 2.24) is 10.3 Å². The SMILES string of the molecule is O=[S@](CC1CCNCC1)c1nc2ccccc2s1. The molecule has 5 heteroatoms. The number of hydrogen-bond acceptors (Lipinski definition) is 4. The van der Waals surface area contributed by atoms with Crippen LogP contribution in [-0.2, 0) is 10.8 Å². The summed E-state index contributed by atoms with van der Waals surface area (Å²) in [6, 6.07) is 8.00. The Hall–Kier alpha value is -0.780. The summed E-state index contributed by atoms with van der Waals surface area (Å²) in [5.74, 6) is 1.35. The number of nitrogens with zero attached hydrogens (tertiary/aromatic N) is 1. The first kappa shape index (κ1) is 12.3. The van der Waals surface area contributed by atoms with Crippen molar-refractivity contribution in [3.8, 4) is 0 Å². The molecule has 0 saturated carbocycles. The summed E-state index contributed by atoms with van der Waals surface area (Å²) in [6.45, 7) is 2.11. The minimum Gasteiger partial charge on any atom is -0.317 e. The number of rotatable bonds is 3. The highest BCUT2D eigenvalue weighted by atomic mass is 32.2. The van der Waals surface area contributed by atoms with Gasteiger partial charge < -0.3 is 5.32 Å². The molecular formula is C13H16N2OS2. The van der Waals surface area contributed by atoms with Crippen LogP contribution in [0.2, 0.25) is 0 Å². The number of piperidine rings is 1. The highest BCUT2D eigenvalue weighted by Gasteiger charge is 2.19. The van der Waals surface area contributed by atoms with Gasteiger partial charge in [-0.15, -0.1) is 11.3 Å². The highest BCUT2D eigenvalue weighted by molar-refractivity contribution is 7.87. The van der Waals surface area contributed by atoms with Gasteiger partial charge in [0.25, 0.3) is 0 Å². The van der Waals surface area contributed by atoms with E-state index in [0.29, 0.717) is 5.92 Å². The molecule has 0 unspecified atom stereocenters. The van der Waals surface area contributed by atoms with E-state index < -0.39 is 10.8 Å². The van der Waals surface area contributed by atoms with Gasteiger partial charge in [0.15, 0.2) is 4.34 Å². The van der Waals surface area contributed by atoms with Crippen LogP contribution in [0.25, 0.3) is 10.2 Å². The fourth-order valence-electron chi connectivity index (χ4n) is 2.28. The largest absolute Gasteiger partial charge is 0.317 e. The summed E-state index contributed by atoms with van der Waals surface area (Å²) in [5, 5.41) is 3.34. The van der Waals surface area contributed by atoms with E-state index in [0.717, 1.165) is 46.2 Å². The maximum Gasteiger partial charge on any atom is 0.181 e. The molecular weight excluding hydrogens is 264 g/mol. The predicted octanol–water partition coefficient (Wildman–Crippen LogP) is 2.40. The molecule has 0 spiro atoms. The second-order valence-corrected chi connectivity index (χ2v) is 7.35. The minimum absolute atomic E-state index is 0.582. The molecule has 2 heterocycles. The fourth-order valence-corrected chi connectivity index (χ4v) is 4.93. The maximum atomic E-state index is 12.3. The quantitative estimate of drug-likeness (QED) is 0.939. The van der Waals surface area contributed by atoms with Crippen LogP contribution < -0.4 is 5.32 Å². The smallest absolute Gasteiger partial charge is 0.181 e. The van der Waals surface area contributed by atoms with Gasteiger partial charge in [-0.1, -0.05) is 12.1 Å². The molecule has 96 valence electrons. The molecule has 0 bridgehead atoms. The molecule has 3 nitrogen and oxygen atoms in total. The van der Waals surface area contributed by atoms with E-state index in [1.807, 2.05) is 24.3 Å². The Morgan fingerprint density at radius 3 is 2.89 bits per heavy atom. The third kappa shape index (κ3) is 2.63. The molecule has 18 heavy (non-hydrogen) atoms. The van der Waals surface area contributed by atoms with Crippen LogP contribution in [0.5, 0.6) is 0 Å². The molecule has 1 aromatic carbocycles. The van der Waals surface area contributed by atoms with Gasteiger partial charge in [-0.2, -0.15) is 0 Å². The summed E-state index contributed by atoms with van der Waals surface area (Å²) in [6.07, 6.45) is 2.27. The second-order valence-electron chi connectivity index (χ2n) is 4.65. The van der Waals surface area contributed by atoms with Crippen molar-refractivity contribution >= 4 is 32.4 Å². The minimum atomic E-state index is -0.934. The number of thiazole rings is 1. The number of fused-ring (bicyclic) bond motifs is 1. The summed E-state index contributed by atoms with van der Waals surface area (Å²) in [5.41, 5.74) is 0.969. The number of aromatic nitrogens is 1. The Morgan fingerprint density at radius 1 is 1.33 bits per heavy atom. The summed E-state index contributed by atoms with van der Waals surface area (Å²) >= 11 is 1.57. The molecule has 1 aliphatic heterocycles. The van der Waals surface area contributed by atoms with Crippen molar-refractivity contribution in [3.63, 3.8) is 0 Å². The molecule has 1 aromatic heterocycles. The van der Waals surface area contributed by atoms with E-state index in [1.165, 1.54) is 0 Å². The van der Waals surface area contributed by atoms with Gasteiger partial charge in [0.1, 0.15) is 0 Å². The van der Waals surface area contributed by atoms with Crippen molar-refractivity contribution < 1.29 is 4.21 Å². The van der Waals surface area contributed by atoms with Gasteiger partial charge in [0.2, 0.25) is 0 Å². The standard InChI is InChI=1S/C13H16N2OS2/c16-18(9-10-5-7-14-8-6-10)13-15-11-3-1-2-4-12(11)17-13/h1-4,10,14H,5-9H2/t18-/m1/s1. The summed E-state index contributed by atoms with van der Waals surface area (Å²) in [4.78, 5) is 4.48. The van der Waals surface area contributed by atoms with Gasteiger partial charge in [0, 0.05) is 5.75 Å². The van der Waals surface area contributed by atoms with Crippen LogP contribution in [0.1, 0.15) is 12.8 Å². The molecule has 1 atom stereocenters. The van der Waals surface area contributed by atoms with Crippen LogP contribution in [-0.4, -0.2) is 28.0 Å². The average Bonchev–Trinajstić information content (AvgIpc) is 2.84. The molecule has 1 fully saturated rings. The Kier molecular flexibility index (Phi) is 3.72. The Bertz CT molecular complexity index is 528. The van der Waals surface area contributed by atoms with E-state index >= 15 is 0 Å². The van der Waals surface area contributed by atoms with Crippen molar-refractivity contribution in [2.45, 2.75) is 17.2 Å². The third-order valence-electron chi connectivity index (χ3n) is 3.31. The zero-order chi connectivity index (χ0) is 12.4. The monoisotopic (exact) mass is 280 g/mol. The second kappa shape index (κ2) is 5.47. The van der Waals surface area contributed by atoms with Gasteiger partial charge in [-0.25, -0.2) is 4.98 Å². The number of para-hydroxylation sites is 1. The van der Waals surface area contributed by atoms with E-state index in [2.05, 4.69) is 10.3 Å². The van der Waals surface area contributed by atoms with E-state index in [9.17, 15) is 4.21 Å². The third-order valence-corrected chi connectivity index (χ3v) is 6.21. The van der Waals surface area contributed by atoms with E-state index in [1.54, 1.807) is 11.3 Å².